The van der Waals surface area contributed by atoms with Crippen LogP contribution in [0.3, 0.4) is 0 Å². The van der Waals surface area contributed by atoms with Crippen molar-refractivity contribution in [1.82, 2.24) is 0 Å². The summed E-state index contributed by atoms with van der Waals surface area (Å²) >= 11 is 0. The number of hydrogen-bond donors (Lipinski definition) is 2. The number of amides is 1. The number of aryl methyl sites for hydroxylation is 2. The third-order valence-electron chi connectivity index (χ3n) is 5.26. The lowest BCUT2D eigenvalue weighted by atomic mass is 10.1. The Morgan fingerprint density at radius 2 is 1.64 bits per heavy atom. The largest absolute Gasteiger partial charge is 0.495 e. The Kier molecular flexibility index (Phi) is 7.28. The molecular weight excluding hydrogens is 440 g/mol. The SMILES string of the molecule is COc1ccc(C)cc1NS(=O)(=O)c1ccc(NC(=O)[C@@H](C)Oc2cccc(C)c2C)cc1. The fraction of sp³-hybridized carbons (Fsp3) is 0.240. The van der Waals surface area contributed by atoms with Gasteiger partial charge in [0.25, 0.3) is 15.9 Å². The lowest BCUT2D eigenvalue weighted by molar-refractivity contribution is -0.122. The van der Waals surface area contributed by atoms with E-state index in [1.165, 1.54) is 31.4 Å². The smallest absolute Gasteiger partial charge is 0.265 e. The fourth-order valence-corrected chi connectivity index (χ4v) is 4.22. The van der Waals surface area contributed by atoms with Gasteiger partial charge in [-0.05, 0) is 86.8 Å². The first-order valence-corrected chi connectivity index (χ1v) is 11.9. The minimum atomic E-state index is -3.84. The van der Waals surface area contributed by atoms with Gasteiger partial charge in [-0.1, -0.05) is 18.2 Å². The summed E-state index contributed by atoms with van der Waals surface area (Å²) in [7, 11) is -2.36. The molecule has 0 unspecified atom stereocenters. The predicted molar refractivity (Wildman–Crippen MR) is 130 cm³/mol. The zero-order chi connectivity index (χ0) is 24.2. The summed E-state index contributed by atoms with van der Waals surface area (Å²) in [5, 5.41) is 2.75. The van der Waals surface area contributed by atoms with Gasteiger partial charge in [-0.2, -0.15) is 0 Å². The number of rotatable bonds is 8. The Morgan fingerprint density at radius 3 is 2.30 bits per heavy atom. The molecule has 1 atom stereocenters. The van der Waals surface area contributed by atoms with Crippen LogP contribution in [0.4, 0.5) is 11.4 Å². The average molecular weight is 469 g/mol. The van der Waals surface area contributed by atoms with E-state index in [2.05, 4.69) is 10.0 Å². The van der Waals surface area contributed by atoms with Crippen molar-refractivity contribution in [3.05, 3.63) is 77.4 Å². The van der Waals surface area contributed by atoms with Crippen LogP contribution in [0.15, 0.2) is 65.6 Å². The minimum Gasteiger partial charge on any atom is -0.495 e. The van der Waals surface area contributed by atoms with E-state index < -0.39 is 16.1 Å². The number of sulfonamides is 1. The maximum atomic E-state index is 12.8. The molecular formula is C25H28N2O5S. The lowest BCUT2D eigenvalue weighted by Crippen LogP contribution is -2.30. The van der Waals surface area contributed by atoms with Crippen molar-refractivity contribution in [2.24, 2.45) is 0 Å². The molecule has 3 aromatic carbocycles. The van der Waals surface area contributed by atoms with Gasteiger partial charge in [-0.3, -0.25) is 9.52 Å². The molecule has 0 aliphatic rings. The summed E-state index contributed by atoms with van der Waals surface area (Å²) in [5.41, 5.74) is 3.76. The zero-order valence-corrected chi connectivity index (χ0v) is 20.1. The topological polar surface area (TPSA) is 93.7 Å². The van der Waals surface area contributed by atoms with Crippen molar-refractivity contribution in [2.45, 2.75) is 38.7 Å². The number of anilines is 2. The zero-order valence-electron chi connectivity index (χ0n) is 19.3. The second kappa shape index (κ2) is 9.95. The van der Waals surface area contributed by atoms with Crippen LogP contribution < -0.4 is 19.5 Å². The van der Waals surface area contributed by atoms with E-state index in [1.807, 2.05) is 45.0 Å². The molecule has 0 heterocycles. The van der Waals surface area contributed by atoms with Crippen molar-refractivity contribution in [3.63, 3.8) is 0 Å². The average Bonchev–Trinajstić information content (AvgIpc) is 2.77. The molecule has 0 spiro atoms. The third-order valence-corrected chi connectivity index (χ3v) is 6.64. The summed E-state index contributed by atoms with van der Waals surface area (Å²) in [6.07, 6.45) is -0.732. The second-order valence-electron chi connectivity index (χ2n) is 7.78. The molecule has 2 N–H and O–H groups in total. The van der Waals surface area contributed by atoms with Gasteiger partial charge >= 0.3 is 0 Å². The van der Waals surface area contributed by atoms with Crippen LogP contribution in [0.1, 0.15) is 23.6 Å². The van der Waals surface area contributed by atoms with E-state index in [1.54, 1.807) is 19.1 Å². The van der Waals surface area contributed by atoms with Gasteiger partial charge in [-0.15, -0.1) is 0 Å². The monoisotopic (exact) mass is 468 g/mol. The number of carbonyl (C=O) groups is 1. The highest BCUT2D eigenvalue weighted by molar-refractivity contribution is 7.92. The van der Waals surface area contributed by atoms with Gasteiger partial charge in [0.15, 0.2) is 6.10 Å². The highest BCUT2D eigenvalue weighted by atomic mass is 32.2. The number of methoxy groups -OCH3 is 1. The van der Waals surface area contributed by atoms with Gasteiger partial charge < -0.3 is 14.8 Å². The lowest BCUT2D eigenvalue weighted by Gasteiger charge is -2.17. The van der Waals surface area contributed by atoms with Gasteiger partial charge in [0.2, 0.25) is 0 Å². The Balaban J connectivity index is 1.68. The first kappa shape index (κ1) is 24.1. The molecule has 1 amide bonds. The number of carbonyl (C=O) groups excluding carboxylic acids is 1. The van der Waals surface area contributed by atoms with E-state index in [-0.39, 0.29) is 10.8 Å². The fourth-order valence-electron chi connectivity index (χ4n) is 3.16. The van der Waals surface area contributed by atoms with Gasteiger partial charge in [0.1, 0.15) is 11.5 Å². The first-order chi connectivity index (χ1) is 15.6. The minimum absolute atomic E-state index is 0.0590. The van der Waals surface area contributed by atoms with Crippen LogP contribution in [0.25, 0.3) is 0 Å². The van der Waals surface area contributed by atoms with E-state index >= 15 is 0 Å². The number of hydrogen-bond acceptors (Lipinski definition) is 5. The molecule has 3 aromatic rings. The molecule has 3 rings (SSSR count). The van der Waals surface area contributed by atoms with Crippen LogP contribution >= 0.6 is 0 Å². The van der Waals surface area contributed by atoms with Gasteiger partial charge in [0.05, 0.1) is 17.7 Å². The van der Waals surface area contributed by atoms with E-state index in [0.29, 0.717) is 22.9 Å². The van der Waals surface area contributed by atoms with E-state index in [9.17, 15) is 13.2 Å². The van der Waals surface area contributed by atoms with Crippen molar-refractivity contribution in [1.29, 1.82) is 0 Å². The van der Waals surface area contributed by atoms with E-state index in [4.69, 9.17) is 9.47 Å². The molecule has 0 aliphatic heterocycles. The molecule has 8 heteroatoms. The number of ether oxygens (including phenoxy) is 2. The van der Waals surface area contributed by atoms with Crippen LogP contribution in [0, 0.1) is 20.8 Å². The maximum Gasteiger partial charge on any atom is 0.265 e. The summed E-state index contributed by atoms with van der Waals surface area (Å²) in [5.74, 6) is 0.733. The molecule has 0 bridgehead atoms. The molecule has 0 aromatic heterocycles. The third kappa shape index (κ3) is 5.84. The van der Waals surface area contributed by atoms with Crippen molar-refractivity contribution >= 4 is 27.3 Å². The molecule has 0 radical (unpaired) electrons. The number of nitrogens with one attached hydrogen (secondary N) is 2. The first-order valence-electron chi connectivity index (χ1n) is 10.4. The Bertz CT molecular complexity index is 1250. The van der Waals surface area contributed by atoms with Crippen LogP contribution in [0.5, 0.6) is 11.5 Å². The Hall–Kier alpha value is -3.52. The molecule has 33 heavy (non-hydrogen) atoms. The summed E-state index contributed by atoms with van der Waals surface area (Å²) in [6, 6.07) is 16.8. The summed E-state index contributed by atoms with van der Waals surface area (Å²) < 4.78 is 39.2. The van der Waals surface area contributed by atoms with Crippen LogP contribution in [-0.4, -0.2) is 27.5 Å². The standard InChI is InChI=1S/C25H28N2O5S/c1-16-9-14-24(31-5)22(15-16)27-33(29,30)21-12-10-20(11-13-21)26-25(28)19(4)32-23-8-6-7-17(2)18(23)3/h6-15,19,27H,1-5H3,(H,26,28)/t19-/m1/s1. The van der Waals surface area contributed by atoms with Crippen molar-refractivity contribution in [2.75, 3.05) is 17.1 Å². The Labute approximate surface area is 194 Å². The molecule has 0 fully saturated rings. The molecule has 0 saturated heterocycles. The maximum absolute atomic E-state index is 12.8. The van der Waals surface area contributed by atoms with Crippen LogP contribution in [0.2, 0.25) is 0 Å². The predicted octanol–water partition coefficient (Wildman–Crippen LogP) is 4.83. The van der Waals surface area contributed by atoms with Gasteiger partial charge in [-0.25, -0.2) is 8.42 Å². The highest BCUT2D eigenvalue weighted by Crippen LogP contribution is 2.28. The quantitative estimate of drug-likeness (QED) is 0.494. The number of benzene rings is 3. The Morgan fingerprint density at radius 1 is 0.939 bits per heavy atom. The molecule has 174 valence electrons. The highest BCUT2D eigenvalue weighted by Gasteiger charge is 2.19. The summed E-state index contributed by atoms with van der Waals surface area (Å²) in [4.78, 5) is 12.6. The van der Waals surface area contributed by atoms with E-state index in [0.717, 1.165) is 16.7 Å². The van der Waals surface area contributed by atoms with Crippen molar-refractivity contribution < 1.29 is 22.7 Å². The second-order valence-corrected chi connectivity index (χ2v) is 9.46. The van der Waals surface area contributed by atoms with Crippen molar-refractivity contribution in [3.8, 4) is 11.5 Å². The molecule has 7 nitrogen and oxygen atoms in total. The van der Waals surface area contributed by atoms with Crippen LogP contribution in [-0.2, 0) is 14.8 Å². The molecule has 0 saturated carbocycles. The van der Waals surface area contributed by atoms with Gasteiger partial charge in [0, 0.05) is 5.69 Å². The summed E-state index contributed by atoms with van der Waals surface area (Å²) in [6.45, 7) is 7.44. The molecule has 0 aliphatic carbocycles. The normalized spacial score (nSPS) is 12.0.